The molecule has 0 aromatic heterocycles. The first kappa shape index (κ1) is 22.0. The molecule has 0 saturated carbocycles. The fraction of sp³-hybridized carbons (Fsp3) is 0.429. The van der Waals surface area contributed by atoms with Crippen LogP contribution >= 0.6 is 8.25 Å². The molecule has 1 fully saturated rings. The molecule has 0 bridgehead atoms. The Morgan fingerprint density at radius 3 is 1.93 bits per heavy atom. The van der Waals surface area contributed by atoms with Crippen molar-refractivity contribution in [1.29, 1.82) is 0 Å². The molecular weight excluding hydrogens is 395 g/mol. The lowest BCUT2D eigenvalue weighted by atomic mass is 10.1. The van der Waals surface area contributed by atoms with E-state index in [9.17, 15) is 4.57 Å². The maximum atomic E-state index is 11.5. The lowest BCUT2D eigenvalue weighted by Crippen LogP contribution is -2.39. The molecule has 0 radical (unpaired) electrons. The number of benzene rings is 2. The van der Waals surface area contributed by atoms with E-state index in [-0.39, 0.29) is 6.61 Å². The first-order valence-corrected chi connectivity index (χ1v) is 10.4. The van der Waals surface area contributed by atoms with E-state index in [1.54, 1.807) is 7.11 Å². The molecule has 3 rings (SSSR count). The van der Waals surface area contributed by atoms with Crippen LogP contribution < -0.4 is 0 Å². The average molecular weight is 421 g/mol. The third-order valence-corrected chi connectivity index (χ3v) is 5.22. The predicted octanol–water partition coefficient (Wildman–Crippen LogP) is 3.85. The summed E-state index contributed by atoms with van der Waals surface area (Å²) in [6, 6.07) is 19.7. The summed E-state index contributed by atoms with van der Waals surface area (Å²) in [5.74, 6) is 0. The minimum absolute atomic E-state index is 0.0353. The van der Waals surface area contributed by atoms with E-state index in [0.717, 1.165) is 11.1 Å². The van der Waals surface area contributed by atoms with E-state index >= 15 is 0 Å². The van der Waals surface area contributed by atoms with Gasteiger partial charge in [-0.05, 0) is 11.1 Å². The molecule has 1 unspecified atom stereocenters. The standard InChI is InChI=1S/C21H26O7P/c1-23-21-20(26-14-17-11-7-4-8-12-17)19(18(28-21)15-27-29(22)24-2)25-13-16-9-5-3-6-10-16/h3-12,18-21H,13-15H2,1-2H3/q+1/t18-,19-,20+,21+/m1/s1. The molecule has 1 aliphatic rings. The molecule has 1 heterocycles. The summed E-state index contributed by atoms with van der Waals surface area (Å²) in [5.41, 5.74) is 2.06. The van der Waals surface area contributed by atoms with Gasteiger partial charge in [0.15, 0.2) is 6.29 Å². The van der Waals surface area contributed by atoms with Crippen LogP contribution in [0.25, 0.3) is 0 Å². The van der Waals surface area contributed by atoms with Crippen LogP contribution in [0.2, 0.25) is 0 Å². The van der Waals surface area contributed by atoms with Crippen molar-refractivity contribution >= 4 is 8.25 Å². The average Bonchev–Trinajstić information content (AvgIpc) is 3.12. The highest BCUT2D eigenvalue weighted by Crippen LogP contribution is 2.32. The van der Waals surface area contributed by atoms with Crippen LogP contribution in [0, 0.1) is 0 Å². The van der Waals surface area contributed by atoms with Crippen LogP contribution in [-0.4, -0.2) is 45.4 Å². The number of hydrogen-bond acceptors (Lipinski definition) is 7. The van der Waals surface area contributed by atoms with E-state index in [1.165, 1.54) is 7.11 Å². The van der Waals surface area contributed by atoms with Crippen LogP contribution in [0.15, 0.2) is 60.7 Å². The lowest BCUT2D eigenvalue weighted by Gasteiger charge is -2.24. The molecule has 7 nitrogen and oxygen atoms in total. The Labute approximate surface area is 171 Å². The molecule has 5 atom stereocenters. The zero-order chi connectivity index (χ0) is 20.5. The maximum absolute atomic E-state index is 11.5. The summed E-state index contributed by atoms with van der Waals surface area (Å²) in [7, 11) is 0.662. The summed E-state index contributed by atoms with van der Waals surface area (Å²) in [5, 5.41) is 0. The highest BCUT2D eigenvalue weighted by atomic mass is 31.1. The van der Waals surface area contributed by atoms with Crippen molar-refractivity contribution in [2.75, 3.05) is 20.8 Å². The molecule has 0 aliphatic carbocycles. The Morgan fingerprint density at radius 1 is 0.862 bits per heavy atom. The highest BCUT2D eigenvalue weighted by Gasteiger charge is 2.48. The van der Waals surface area contributed by atoms with Crippen LogP contribution in [-0.2, 0) is 45.8 Å². The minimum Gasteiger partial charge on any atom is -0.368 e. The van der Waals surface area contributed by atoms with Gasteiger partial charge >= 0.3 is 8.25 Å². The van der Waals surface area contributed by atoms with Gasteiger partial charge in [-0.3, -0.25) is 0 Å². The largest absolute Gasteiger partial charge is 0.697 e. The smallest absolute Gasteiger partial charge is 0.368 e. The number of rotatable bonds is 11. The van der Waals surface area contributed by atoms with Crippen LogP contribution in [0.4, 0.5) is 0 Å². The highest BCUT2D eigenvalue weighted by molar-refractivity contribution is 7.33. The second kappa shape index (κ2) is 11.5. The van der Waals surface area contributed by atoms with Gasteiger partial charge in [-0.25, -0.2) is 0 Å². The van der Waals surface area contributed by atoms with Crippen molar-refractivity contribution in [2.45, 2.75) is 37.8 Å². The van der Waals surface area contributed by atoms with E-state index in [4.69, 9.17) is 23.5 Å². The predicted molar refractivity (Wildman–Crippen MR) is 106 cm³/mol. The lowest BCUT2D eigenvalue weighted by molar-refractivity contribution is -0.168. The summed E-state index contributed by atoms with van der Waals surface area (Å²) < 4.78 is 45.1. The Hall–Kier alpha value is -1.70. The third-order valence-electron chi connectivity index (χ3n) is 4.56. The molecule has 8 heteroatoms. The van der Waals surface area contributed by atoms with Crippen molar-refractivity contribution < 1.29 is 32.6 Å². The first-order valence-electron chi connectivity index (χ1n) is 9.35. The van der Waals surface area contributed by atoms with Crippen molar-refractivity contribution in [3.63, 3.8) is 0 Å². The second-order valence-corrected chi connectivity index (χ2v) is 7.57. The zero-order valence-electron chi connectivity index (χ0n) is 16.5. The van der Waals surface area contributed by atoms with Gasteiger partial charge in [-0.1, -0.05) is 60.7 Å². The quantitative estimate of drug-likeness (QED) is 0.511. The fourth-order valence-electron chi connectivity index (χ4n) is 3.11. The molecule has 0 spiro atoms. The van der Waals surface area contributed by atoms with Crippen molar-refractivity contribution in [2.24, 2.45) is 0 Å². The number of ether oxygens (including phenoxy) is 4. The number of hydrogen-bond donors (Lipinski definition) is 0. The van der Waals surface area contributed by atoms with Crippen LogP contribution in [0.3, 0.4) is 0 Å². The summed E-state index contributed by atoms with van der Waals surface area (Å²) in [6.45, 7) is 0.802. The van der Waals surface area contributed by atoms with Crippen molar-refractivity contribution in [3.8, 4) is 0 Å². The molecule has 156 valence electrons. The Bertz CT molecular complexity index is 743. The van der Waals surface area contributed by atoms with Gasteiger partial charge in [0, 0.05) is 11.7 Å². The Kier molecular flexibility index (Phi) is 8.70. The van der Waals surface area contributed by atoms with E-state index in [0.29, 0.717) is 13.2 Å². The van der Waals surface area contributed by atoms with E-state index in [2.05, 4.69) is 4.52 Å². The molecule has 0 N–H and O–H groups in total. The molecule has 0 amide bonds. The third kappa shape index (κ3) is 6.39. The number of methoxy groups -OCH3 is 1. The SMILES string of the molecule is CO[C@H]1O[C@H](CO[P+](=O)OC)[C@@H](OCc2ccccc2)[C@@H]1OCc1ccccc1. The van der Waals surface area contributed by atoms with Crippen LogP contribution in [0.1, 0.15) is 11.1 Å². The maximum Gasteiger partial charge on any atom is 0.697 e. The summed E-state index contributed by atoms with van der Waals surface area (Å²) in [4.78, 5) is 0. The first-order chi connectivity index (χ1) is 14.2. The molecule has 2 aromatic rings. The van der Waals surface area contributed by atoms with Gasteiger partial charge in [0.05, 0.1) is 20.3 Å². The monoisotopic (exact) mass is 421 g/mol. The van der Waals surface area contributed by atoms with Gasteiger partial charge < -0.3 is 18.9 Å². The topological polar surface area (TPSA) is 72.5 Å². The fourth-order valence-corrected chi connectivity index (χ4v) is 3.49. The van der Waals surface area contributed by atoms with Gasteiger partial charge in [0.25, 0.3) is 0 Å². The van der Waals surface area contributed by atoms with Gasteiger partial charge in [-0.2, -0.15) is 0 Å². The molecule has 29 heavy (non-hydrogen) atoms. The molecular formula is C21H26O7P+. The van der Waals surface area contributed by atoms with Crippen LogP contribution in [0.5, 0.6) is 0 Å². The normalized spacial score (nSPS) is 24.6. The second-order valence-electron chi connectivity index (χ2n) is 6.50. The minimum atomic E-state index is -2.21. The Balaban J connectivity index is 1.70. The molecule has 1 aliphatic heterocycles. The zero-order valence-corrected chi connectivity index (χ0v) is 17.4. The molecule has 2 aromatic carbocycles. The summed E-state index contributed by atoms with van der Waals surface area (Å²) >= 11 is 0. The van der Waals surface area contributed by atoms with Gasteiger partial charge in [0.1, 0.15) is 24.9 Å². The molecule has 1 saturated heterocycles. The van der Waals surface area contributed by atoms with Crippen molar-refractivity contribution in [3.05, 3.63) is 71.8 Å². The van der Waals surface area contributed by atoms with E-state index in [1.807, 2.05) is 60.7 Å². The van der Waals surface area contributed by atoms with Gasteiger partial charge in [-0.15, -0.1) is 9.05 Å². The van der Waals surface area contributed by atoms with Gasteiger partial charge in [0.2, 0.25) is 0 Å². The van der Waals surface area contributed by atoms with Crippen molar-refractivity contribution in [1.82, 2.24) is 0 Å². The Morgan fingerprint density at radius 2 is 1.41 bits per heavy atom. The summed E-state index contributed by atoms with van der Waals surface area (Å²) in [6.07, 6.45) is -2.09. The van der Waals surface area contributed by atoms with E-state index < -0.39 is 32.9 Å².